The Morgan fingerprint density at radius 3 is 2.32 bits per heavy atom. The lowest BCUT2D eigenvalue weighted by molar-refractivity contribution is -0.192. The smallest absolute Gasteiger partial charge is 0.475 e. The van der Waals surface area contributed by atoms with E-state index in [1.807, 2.05) is 18.2 Å². The molecule has 2 fully saturated rings. The molecular weight excluding hydrogens is 451 g/mol. The molecular formula is C24H32F3N3O4. The maximum Gasteiger partial charge on any atom is 0.490 e. The van der Waals surface area contributed by atoms with Crippen LogP contribution in [0.4, 0.5) is 13.2 Å². The van der Waals surface area contributed by atoms with Gasteiger partial charge in [0.15, 0.2) is 0 Å². The number of fused-ring (bicyclic) bond motifs is 2. The Morgan fingerprint density at radius 2 is 1.82 bits per heavy atom. The molecule has 2 aliphatic carbocycles. The van der Waals surface area contributed by atoms with Gasteiger partial charge in [-0.1, -0.05) is 42.8 Å². The summed E-state index contributed by atoms with van der Waals surface area (Å²) in [6.07, 6.45) is 4.77. The van der Waals surface area contributed by atoms with Crippen molar-refractivity contribution in [2.75, 3.05) is 0 Å². The third-order valence-corrected chi connectivity index (χ3v) is 6.12. The minimum absolute atomic E-state index is 0.0627. The third-order valence-electron chi connectivity index (χ3n) is 6.12. The van der Waals surface area contributed by atoms with Crippen LogP contribution in [-0.2, 0) is 20.8 Å². The average molecular weight is 484 g/mol. The number of carbonyl (C=O) groups is 3. The highest BCUT2D eigenvalue weighted by Crippen LogP contribution is 2.44. The van der Waals surface area contributed by atoms with Crippen LogP contribution in [0.2, 0.25) is 0 Å². The van der Waals surface area contributed by atoms with E-state index in [4.69, 9.17) is 15.6 Å². The van der Waals surface area contributed by atoms with Crippen LogP contribution < -0.4 is 16.4 Å². The number of carboxylic acid groups (broad SMARTS) is 1. The van der Waals surface area contributed by atoms with Gasteiger partial charge in [-0.05, 0) is 56.4 Å². The SMILES string of the molecule is C[C@H](N)C(=O)N[C@H](C=CC(=O)NC1C[C@H]2CC[C@@H]1C2)CCc1ccccc1.O=C(O)C(F)(F)F. The van der Waals surface area contributed by atoms with Gasteiger partial charge in [0.05, 0.1) is 6.04 Å². The number of benzene rings is 1. The molecule has 7 nitrogen and oxygen atoms in total. The molecule has 2 bridgehead atoms. The number of aryl methyl sites for hydroxylation is 1. The lowest BCUT2D eigenvalue weighted by atomic mass is 9.95. The van der Waals surface area contributed by atoms with Gasteiger partial charge in [0, 0.05) is 18.2 Å². The van der Waals surface area contributed by atoms with Crippen molar-refractivity contribution in [1.82, 2.24) is 10.6 Å². The van der Waals surface area contributed by atoms with E-state index in [0.717, 1.165) is 25.2 Å². The minimum Gasteiger partial charge on any atom is -0.475 e. The van der Waals surface area contributed by atoms with Crippen molar-refractivity contribution in [3.63, 3.8) is 0 Å². The van der Waals surface area contributed by atoms with E-state index < -0.39 is 18.2 Å². The van der Waals surface area contributed by atoms with Crippen molar-refractivity contribution >= 4 is 17.8 Å². The Kier molecular flexibility index (Phi) is 10.1. The first-order valence-electron chi connectivity index (χ1n) is 11.3. The van der Waals surface area contributed by atoms with Gasteiger partial charge in [0.2, 0.25) is 11.8 Å². The number of alkyl halides is 3. The number of carboxylic acids is 1. The zero-order valence-electron chi connectivity index (χ0n) is 19.1. The van der Waals surface area contributed by atoms with Crippen LogP contribution in [0.3, 0.4) is 0 Å². The molecule has 0 aromatic heterocycles. The number of carbonyl (C=O) groups excluding carboxylic acids is 2. The van der Waals surface area contributed by atoms with Crippen LogP contribution in [0.25, 0.3) is 0 Å². The number of nitrogens with one attached hydrogen (secondary N) is 2. The summed E-state index contributed by atoms with van der Waals surface area (Å²) in [5.41, 5.74) is 6.88. The number of hydrogen-bond acceptors (Lipinski definition) is 4. The molecule has 10 heteroatoms. The Bertz CT molecular complexity index is 859. The predicted molar refractivity (Wildman–Crippen MR) is 121 cm³/mol. The van der Waals surface area contributed by atoms with Crippen molar-refractivity contribution in [1.29, 1.82) is 0 Å². The summed E-state index contributed by atoms with van der Waals surface area (Å²) >= 11 is 0. The zero-order valence-corrected chi connectivity index (χ0v) is 19.1. The van der Waals surface area contributed by atoms with Gasteiger partial charge in [0.25, 0.3) is 0 Å². The highest BCUT2D eigenvalue weighted by atomic mass is 19.4. The van der Waals surface area contributed by atoms with Crippen LogP contribution in [0.15, 0.2) is 42.5 Å². The molecule has 5 N–H and O–H groups in total. The predicted octanol–water partition coefficient (Wildman–Crippen LogP) is 2.95. The van der Waals surface area contributed by atoms with Crippen LogP contribution in [0.5, 0.6) is 0 Å². The number of amides is 2. The van der Waals surface area contributed by atoms with Gasteiger partial charge in [-0.3, -0.25) is 9.59 Å². The van der Waals surface area contributed by atoms with Crippen molar-refractivity contribution in [2.45, 2.75) is 69.8 Å². The molecule has 1 unspecified atom stereocenters. The highest BCUT2D eigenvalue weighted by molar-refractivity contribution is 5.88. The monoisotopic (exact) mass is 483 g/mol. The second-order valence-corrected chi connectivity index (χ2v) is 8.88. The quantitative estimate of drug-likeness (QED) is 0.424. The maximum atomic E-state index is 12.3. The fourth-order valence-corrected chi connectivity index (χ4v) is 4.35. The topological polar surface area (TPSA) is 122 Å². The zero-order chi connectivity index (χ0) is 25.3. The lowest BCUT2D eigenvalue weighted by Gasteiger charge is -2.22. The number of aliphatic carboxylic acids is 1. The summed E-state index contributed by atoms with van der Waals surface area (Å²) in [6, 6.07) is 9.66. The Labute approximate surface area is 197 Å². The molecule has 0 aliphatic heterocycles. The summed E-state index contributed by atoms with van der Waals surface area (Å²) in [7, 11) is 0. The second kappa shape index (κ2) is 12.5. The first-order chi connectivity index (χ1) is 16.0. The van der Waals surface area contributed by atoms with Crippen LogP contribution in [0.1, 0.15) is 44.6 Å². The molecule has 2 amide bonds. The fraction of sp³-hybridized carbons (Fsp3) is 0.542. The summed E-state index contributed by atoms with van der Waals surface area (Å²) < 4.78 is 31.7. The normalized spacial score (nSPS) is 23.0. The highest BCUT2D eigenvalue weighted by Gasteiger charge is 2.40. The van der Waals surface area contributed by atoms with Crippen LogP contribution in [-0.4, -0.2) is 47.2 Å². The molecule has 3 rings (SSSR count). The van der Waals surface area contributed by atoms with E-state index in [9.17, 15) is 22.8 Å². The van der Waals surface area contributed by atoms with E-state index >= 15 is 0 Å². The van der Waals surface area contributed by atoms with Gasteiger partial charge in [0.1, 0.15) is 0 Å². The minimum atomic E-state index is -5.08. The average Bonchev–Trinajstić information content (AvgIpc) is 3.39. The van der Waals surface area contributed by atoms with E-state index in [1.165, 1.54) is 24.8 Å². The van der Waals surface area contributed by atoms with Gasteiger partial charge in [-0.25, -0.2) is 4.79 Å². The van der Waals surface area contributed by atoms with Crippen molar-refractivity contribution < 1.29 is 32.7 Å². The first kappa shape index (κ1) is 27.4. The van der Waals surface area contributed by atoms with E-state index in [-0.39, 0.29) is 17.9 Å². The number of rotatable bonds is 8. The Hall–Kier alpha value is -2.88. The molecule has 34 heavy (non-hydrogen) atoms. The molecule has 188 valence electrons. The third kappa shape index (κ3) is 9.17. The fourth-order valence-electron chi connectivity index (χ4n) is 4.35. The number of hydrogen-bond donors (Lipinski definition) is 4. The molecule has 0 spiro atoms. The van der Waals surface area contributed by atoms with Crippen molar-refractivity contribution in [3.05, 3.63) is 48.0 Å². The first-order valence-corrected chi connectivity index (χ1v) is 11.3. The van der Waals surface area contributed by atoms with Gasteiger partial charge in [-0.2, -0.15) is 13.2 Å². The van der Waals surface area contributed by atoms with E-state index in [0.29, 0.717) is 12.0 Å². The molecule has 2 aliphatic rings. The molecule has 0 saturated heterocycles. The molecule has 1 aromatic rings. The van der Waals surface area contributed by atoms with Crippen LogP contribution in [0, 0.1) is 11.8 Å². The molecule has 2 saturated carbocycles. The molecule has 5 atom stereocenters. The second-order valence-electron chi connectivity index (χ2n) is 8.88. The van der Waals surface area contributed by atoms with Crippen LogP contribution >= 0.6 is 0 Å². The summed E-state index contributed by atoms with van der Waals surface area (Å²) in [4.78, 5) is 33.2. The molecule has 1 aromatic carbocycles. The lowest BCUT2D eigenvalue weighted by Crippen LogP contribution is -2.43. The summed E-state index contributed by atoms with van der Waals surface area (Å²) in [5, 5.41) is 13.2. The maximum absolute atomic E-state index is 12.3. The Morgan fingerprint density at radius 1 is 1.18 bits per heavy atom. The Balaban J connectivity index is 0.000000509. The number of nitrogens with two attached hydrogens (primary N) is 1. The van der Waals surface area contributed by atoms with Crippen molar-refractivity contribution in [3.8, 4) is 0 Å². The van der Waals surface area contributed by atoms with Crippen molar-refractivity contribution in [2.24, 2.45) is 17.6 Å². The van der Waals surface area contributed by atoms with Gasteiger partial charge < -0.3 is 21.5 Å². The number of halogens is 3. The van der Waals surface area contributed by atoms with Gasteiger partial charge >= 0.3 is 12.1 Å². The molecule has 0 radical (unpaired) electrons. The van der Waals surface area contributed by atoms with E-state index in [2.05, 4.69) is 22.8 Å². The summed E-state index contributed by atoms with van der Waals surface area (Å²) in [5.74, 6) is -1.57. The van der Waals surface area contributed by atoms with Gasteiger partial charge in [-0.15, -0.1) is 0 Å². The summed E-state index contributed by atoms with van der Waals surface area (Å²) in [6.45, 7) is 1.66. The molecule has 0 heterocycles. The largest absolute Gasteiger partial charge is 0.490 e. The standard InChI is InChI=1S/C22H31N3O2.C2HF3O2/c1-15(23)22(27)24-19(10-8-16-5-3-2-4-6-16)11-12-21(26)25-20-14-17-7-9-18(20)13-17;3-2(4,5)1(6)7/h2-6,11-12,15,17-20H,7-10,13-14,23H2,1H3,(H,24,27)(H,25,26);(H,6,7)/t15-,17-,18+,19-,20?;/m0./s1. The van der Waals surface area contributed by atoms with E-state index in [1.54, 1.807) is 19.1 Å².